The molecule has 138 valence electrons. The van der Waals surface area contributed by atoms with Crippen LogP contribution in [0.15, 0.2) is 66.4 Å². The zero-order valence-electron chi connectivity index (χ0n) is 15.9. The Morgan fingerprint density at radius 1 is 0.962 bits per heavy atom. The molecule has 1 N–H and O–H groups in total. The first-order valence-electron chi connectivity index (χ1n) is 8.84. The van der Waals surface area contributed by atoms with Gasteiger partial charge in [-0.1, -0.05) is 54.6 Å². The van der Waals surface area contributed by atoms with Crippen molar-refractivity contribution in [2.75, 3.05) is 28.3 Å². The molecule has 1 aliphatic carbocycles. The molecule has 0 saturated heterocycles. The molecule has 2 aromatic rings. The molecule has 0 heterocycles. The molecule has 0 spiro atoms. The van der Waals surface area contributed by atoms with E-state index in [-0.39, 0.29) is 0 Å². The molecule has 2 aromatic carbocycles. The number of ether oxygens (including phenoxy) is 2. The summed E-state index contributed by atoms with van der Waals surface area (Å²) in [6, 6.07) is 17.6. The van der Waals surface area contributed by atoms with Gasteiger partial charge in [-0.2, -0.15) is 0 Å². The average Bonchev–Trinajstić information content (AvgIpc) is 3.08. The van der Waals surface area contributed by atoms with Crippen LogP contribution in [-0.4, -0.2) is 38.3 Å². The first kappa shape index (κ1) is 18.6. The summed E-state index contributed by atoms with van der Waals surface area (Å²) in [6.45, 7) is 0. The van der Waals surface area contributed by atoms with Gasteiger partial charge in [-0.15, -0.1) is 0 Å². The van der Waals surface area contributed by atoms with Crippen molar-refractivity contribution in [1.29, 1.82) is 0 Å². The topological polar surface area (TPSA) is 41.9 Å². The van der Waals surface area contributed by atoms with Crippen LogP contribution in [0.5, 0.6) is 0 Å². The van der Waals surface area contributed by atoms with Crippen LogP contribution in [-0.2, 0) is 20.9 Å². The van der Waals surface area contributed by atoms with Crippen molar-refractivity contribution < 1.29 is 14.6 Å². The molecular formula is C22H27NO3. The van der Waals surface area contributed by atoms with E-state index in [2.05, 4.69) is 4.90 Å². The summed E-state index contributed by atoms with van der Waals surface area (Å²) >= 11 is 0. The predicted octanol–water partition coefficient (Wildman–Crippen LogP) is 3.61. The number of rotatable bonds is 6. The molecule has 0 saturated carbocycles. The number of allylic oxidation sites excluding steroid dienone is 1. The lowest BCUT2D eigenvalue weighted by Crippen LogP contribution is -2.36. The highest BCUT2D eigenvalue weighted by atomic mass is 16.7. The monoisotopic (exact) mass is 353 g/mol. The Hall–Kier alpha value is -2.14. The molecule has 1 atom stereocenters. The minimum atomic E-state index is -1.08. The van der Waals surface area contributed by atoms with Gasteiger partial charge in [-0.05, 0) is 24.5 Å². The number of hydrogen-bond donors (Lipinski definition) is 1. The van der Waals surface area contributed by atoms with E-state index < -0.39 is 11.4 Å². The third kappa shape index (κ3) is 3.05. The third-order valence-corrected chi connectivity index (χ3v) is 5.22. The summed E-state index contributed by atoms with van der Waals surface area (Å²) in [4.78, 5) is 2.05. The van der Waals surface area contributed by atoms with Gasteiger partial charge in [0.05, 0.1) is 0 Å². The van der Waals surface area contributed by atoms with E-state index in [0.717, 1.165) is 28.8 Å². The number of hydrogen-bond acceptors (Lipinski definition) is 4. The van der Waals surface area contributed by atoms with Gasteiger partial charge in [0.2, 0.25) is 5.79 Å². The Morgan fingerprint density at radius 3 is 2.15 bits per heavy atom. The van der Waals surface area contributed by atoms with Crippen molar-refractivity contribution in [1.82, 2.24) is 4.90 Å². The Labute approximate surface area is 155 Å². The van der Waals surface area contributed by atoms with Crippen LogP contribution in [0.3, 0.4) is 0 Å². The van der Waals surface area contributed by atoms with Gasteiger partial charge in [-0.25, -0.2) is 0 Å². The maximum Gasteiger partial charge on any atom is 0.222 e. The number of nitrogens with zero attached hydrogens (tertiary/aromatic N) is 1. The highest BCUT2D eigenvalue weighted by Gasteiger charge is 2.42. The summed E-state index contributed by atoms with van der Waals surface area (Å²) in [5.74, 6) is -1.08. The Bertz CT molecular complexity index is 781. The average molecular weight is 353 g/mol. The fraction of sp³-hybridized carbons (Fsp3) is 0.364. The molecule has 0 fully saturated rings. The summed E-state index contributed by atoms with van der Waals surface area (Å²) in [5.41, 5.74) is 2.59. The van der Waals surface area contributed by atoms with Gasteiger partial charge < -0.3 is 19.5 Å². The fourth-order valence-corrected chi connectivity index (χ4v) is 3.80. The lowest BCUT2D eigenvalue weighted by molar-refractivity contribution is -0.185. The zero-order valence-corrected chi connectivity index (χ0v) is 15.9. The van der Waals surface area contributed by atoms with Crippen molar-refractivity contribution in [3.05, 3.63) is 83.1 Å². The highest BCUT2D eigenvalue weighted by Crippen LogP contribution is 2.44. The minimum Gasteiger partial charge on any atom is -0.381 e. The first-order chi connectivity index (χ1) is 12.5. The molecule has 0 aliphatic heterocycles. The van der Waals surface area contributed by atoms with Crippen molar-refractivity contribution in [2.45, 2.75) is 24.2 Å². The van der Waals surface area contributed by atoms with Crippen LogP contribution in [0.4, 0.5) is 0 Å². The molecule has 0 radical (unpaired) electrons. The normalized spacial score (nSPS) is 20.1. The maximum absolute atomic E-state index is 11.4. The Balaban J connectivity index is 2.18. The van der Waals surface area contributed by atoms with Crippen LogP contribution >= 0.6 is 0 Å². The predicted molar refractivity (Wildman–Crippen MR) is 103 cm³/mol. The van der Waals surface area contributed by atoms with Crippen molar-refractivity contribution in [3.63, 3.8) is 0 Å². The molecule has 26 heavy (non-hydrogen) atoms. The third-order valence-electron chi connectivity index (χ3n) is 5.22. The maximum atomic E-state index is 11.4. The van der Waals surface area contributed by atoms with Crippen molar-refractivity contribution in [2.24, 2.45) is 0 Å². The second kappa shape index (κ2) is 7.23. The molecule has 4 nitrogen and oxygen atoms in total. The largest absolute Gasteiger partial charge is 0.381 e. The second-order valence-electron chi connectivity index (χ2n) is 6.89. The summed E-state index contributed by atoms with van der Waals surface area (Å²) in [6.07, 6.45) is 3.42. The Kier molecular flexibility index (Phi) is 5.19. The van der Waals surface area contributed by atoms with Crippen LogP contribution in [0, 0.1) is 0 Å². The molecular weight excluding hydrogens is 326 g/mol. The van der Waals surface area contributed by atoms with E-state index >= 15 is 0 Å². The van der Waals surface area contributed by atoms with E-state index in [1.165, 1.54) is 0 Å². The molecule has 0 amide bonds. The molecule has 0 bridgehead atoms. The van der Waals surface area contributed by atoms with Gasteiger partial charge in [-0.3, -0.25) is 0 Å². The van der Waals surface area contributed by atoms with E-state index in [1.807, 2.05) is 74.8 Å². The SMILES string of the molecule is COC(OC)(c1ccccc1)c1ccccc1C1(O)C=C(N(C)C)CC1. The van der Waals surface area contributed by atoms with E-state index in [0.29, 0.717) is 6.42 Å². The van der Waals surface area contributed by atoms with Gasteiger partial charge in [0.25, 0.3) is 0 Å². The van der Waals surface area contributed by atoms with E-state index in [9.17, 15) is 5.11 Å². The minimum absolute atomic E-state index is 0.635. The van der Waals surface area contributed by atoms with Crippen molar-refractivity contribution in [3.8, 4) is 0 Å². The lowest BCUT2D eigenvalue weighted by atomic mass is 9.84. The standard InChI is InChI=1S/C22H27NO3/c1-23(2)18-14-15-21(24,16-18)19-12-8-9-13-20(19)22(25-3,26-4)17-10-6-5-7-11-17/h5-13,16,24H,14-15H2,1-4H3. The van der Waals surface area contributed by atoms with Crippen LogP contribution < -0.4 is 0 Å². The number of aliphatic hydroxyl groups is 1. The fourth-order valence-electron chi connectivity index (χ4n) is 3.80. The lowest BCUT2D eigenvalue weighted by Gasteiger charge is -2.36. The summed E-state index contributed by atoms with van der Waals surface area (Å²) in [5, 5.41) is 11.4. The molecule has 0 aromatic heterocycles. The van der Waals surface area contributed by atoms with E-state index in [4.69, 9.17) is 9.47 Å². The Morgan fingerprint density at radius 2 is 1.58 bits per heavy atom. The molecule has 1 aliphatic rings. The van der Waals surface area contributed by atoms with Crippen LogP contribution in [0.25, 0.3) is 0 Å². The van der Waals surface area contributed by atoms with Crippen molar-refractivity contribution >= 4 is 0 Å². The van der Waals surface area contributed by atoms with Gasteiger partial charge in [0.15, 0.2) is 0 Å². The van der Waals surface area contributed by atoms with Crippen LogP contribution in [0.2, 0.25) is 0 Å². The quantitative estimate of drug-likeness (QED) is 0.806. The van der Waals surface area contributed by atoms with Crippen LogP contribution in [0.1, 0.15) is 29.5 Å². The number of methoxy groups -OCH3 is 2. The number of benzene rings is 2. The second-order valence-corrected chi connectivity index (χ2v) is 6.89. The van der Waals surface area contributed by atoms with Gasteiger partial charge >= 0.3 is 0 Å². The summed E-state index contributed by atoms with van der Waals surface area (Å²) < 4.78 is 11.8. The van der Waals surface area contributed by atoms with E-state index in [1.54, 1.807) is 14.2 Å². The van der Waals surface area contributed by atoms with Gasteiger partial charge in [0, 0.05) is 45.1 Å². The highest BCUT2D eigenvalue weighted by molar-refractivity contribution is 5.45. The molecule has 3 rings (SSSR count). The smallest absolute Gasteiger partial charge is 0.222 e. The molecule has 1 unspecified atom stereocenters. The zero-order chi connectivity index (χ0) is 18.8. The molecule has 4 heteroatoms. The first-order valence-corrected chi connectivity index (χ1v) is 8.84. The van der Waals surface area contributed by atoms with Gasteiger partial charge in [0.1, 0.15) is 5.60 Å². The summed E-state index contributed by atoms with van der Waals surface area (Å²) in [7, 11) is 7.27.